The van der Waals surface area contributed by atoms with Crippen LogP contribution < -0.4 is 0 Å². The van der Waals surface area contributed by atoms with E-state index in [1.165, 1.54) is 0 Å². The molecule has 0 bridgehead atoms. The second kappa shape index (κ2) is 29.4. The van der Waals surface area contributed by atoms with Gasteiger partial charge in [-0.25, -0.2) is 0 Å². The van der Waals surface area contributed by atoms with Crippen molar-refractivity contribution in [3.8, 4) is 0 Å². The van der Waals surface area contributed by atoms with Crippen LogP contribution in [0.1, 0.15) is 6.42 Å². The molecule has 0 atom stereocenters. The standard InChI is InChI=1S/C3H5O.CH3.BrH.Zn/c1-2-3-4;;;/h3H,1-2H2;1H3;1H;/q2*-1;;+2. The fourth-order valence-electron chi connectivity index (χ4n) is 0. The summed E-state index contributed by atoms with van der Waals surface area (Å²) in [4.78, 5) is 9.11. The molecule has 0 aromatic carbocycles. The molecule has 0 radical (unpaired) electrons. The summed E-state index contributed by atoms with van der Waals surface area (Å²) in [5.74, 6) is 0. The van der Waals surface area contributed by atoms with Gasteiger partial charge in [-0.1, -0.05) is 0 Å². The first-order valence-corrected chi connectivity index (χ1v) is 1.14. The molecular formula is C4H9BrOZn. The van der Waals surface area contributed by atoms with Crippen molar-refractivity contribution in [2.24, 2.45) is 0 Å². The van der Waals surface area contributed by atoms with Crippen LogP contribution in [-0.2, 0) is 24.3 Å². The Kier molecular flexibility index (Phi) is 105. The third-order valence-corrected chi connectivity index (χ3v) is 0.118. The zero-order valence-corrected chi connectivity index (χ0v) is 9.20. The topological polar surface area (TPSA) is 17.1 Å². The third kappa shape index (κ3) is 49.1. The summed E-state index contributed by atoms with van der Waals surface area (Å²) in [7, 11) is 0. The van der Waals surface area contributed by atoms with E-state index < -0.39 is 0 Å². The summed E-state index contributed by atoms with van der Waals surface area (Å²) in [6.07, 6.45) is 1.15. The molecule has 0 saturated heterocycles. The fourth-order valence-corrected chi connectivity index (χ4v) is 0. The molecule has 0 aliphatic carbocycles. The maximum Gasteiger partial charge on any atom is 2.00 e. The average molecular weight is 218 g/mol. The Bertz CT molecular complexity index is 25.7. The van der Waals surface area contributed by atoms with Gasteiger partial charge < -0.3 is 19.1 Å². The molecule has 7 heavy (non-hydrogen) atoms. The molecule has 0 saturated carbocycles. The van der Waals surface area contributed by atoms with Gasteiger partial charge in [0.15, 0.2) is 0 Å². The van der Waals surface area contributed by atoms with E-state index in [1.807, 2.05) is 0 Å². The predicted molar refractivity (Wildman–Crippen MR) is 32.8 cm³/mol. The normalized spacial score (nSPS) is 3.57. The van der Waals surface area contributed by atoms with Crippen molar-refractivity contribution >= 4 is 23.3 Å². The van der Waals surface area contributed by atoms with Crippen molar-refractivity contribution in [1.82, 2.24) is 0 Å². The van der Waals surface area contributed by atoms with Gasteiger partial charge in [-0.3, -0.25) is 0 Å². The fraction of sp³-hybridized carbons (Fsp3) is 0.250. The van der Waals surface area contributed by atoms with E-state index in [0.717, 1.165) is 6.29 Å². The van der Waals surface area contributed by atoms with Crippen molar-refractivity contribution in [1.29, 1.82) is 0 Å². The van der Waals surface area contributed by atoms with E-state index in [2.05, 4.69) is 6.92 Å². The Morgan fingerprint density at radius 3 is 1.71 bits per heavy atom. The Hall–Kier alpha value is 0.773. The molecule has 3 heteroatoms. The minimum atomic E-state index is 0. The summed E-state index contributed by atoms with van der Waals surface area (Å²) in [6.45, 7) is 3.24. The van der Waals surface area contributed by atoms with E-state index in [9.17, 15) is 0 Å². The third-order valence-electron chi connectivity index (χ3n) is 0.118. The number of halogens is 1. The minimum absolute atomic E-state index is 0. The van der Waals surface area contributed by atoms with Crippen LogP contribution in [0.25, 0.3) is 0 Å². The van der Waals surface area contributed by atoms with Crippen LogP contribution in [0.15, 0.2) is 0 Å². The molecule has 0 aromatic rings. The van der Waals surface area contributed by atoms with Gasteiger partial charge in [-0.2, -0.15) is 0 Å². The molecule has 0 unspecified atom stereocenters. The number of carbonyl (C=O) groups excluding carboxylic acids is 1. The maximum absolute atomic E-state index is 9.11. The number of aldehydes is 1. The first kappa shape index (κ1) is 25.0. The molecule has 0 spiro atoms. The van der Waals surface area contributed by atoms with Gasteiger partial charge in [0, 0.05) is 0 Å². The molecule has 40 valence electrons. The summed E-state index contributed by atoms with van der Waals surface area (Å²) < 4.78 is 0. The quantitative estimate of drug-likeness (QED) is 0.370. The number of rotatable bonds is 1. The Morgan fingerprint density at radius 2 is 1.71 bits per heavy atom. The van der Waals surface area contributed by atoms with Crippen molar-refractivity contribution < 1.29 is 24.3 Å². The van der Waals surface area contributed by atoms with E-state index >= 15 is 0 Å². The number of hydrogen-bond donors (Lipinski definition) is 0. The molecule has 0 rings (SSSR count). The summed E-state index contributed by atoms with van der Waals surface area (Å²) in [5, 5.41) is 0. The van der Waals surface area contributed by atoms with E-state index in [4.69, 9.17) is 4.79 Å². The largest absolute Gasteiger partial charge is 2.00 e. The van der Waals surface area contributed by atoms with Crippen molar-refractivity contribution in [2.45, 2.75) is 6.42 Å². The monoisotopic (exact) mass is 216 g/mol. The van der Waals surface area contributed by atoms with Gasteiger partial charge in [0.25, 0.3) is 0 Å². The predicted octanol–water partition coefficient (Wildman–Crippen LogP) is 1.44. The summed E-state index contributed by atoms with van der Waals surface area (Å²) >= 11 is 0. The Labute approximate surface area is 68.4 Å². The van der Waals surface area contributed by atoms with Gasteiger partial charge in [0.2, 0.25) is 0 Å². The van der Waals surface area contributed by atoms with Gasteiger partial charge in [-0.15, -0.1) is 23.4 Å². The first-order valence-electron chi connectivity index (χ1n) is 1.14. The maximum atomic E-state index is 9.11. The average Bonchev–Trinajstić information content (AvgIpc) is 1.37. The molecular weight excluding hydrogens is 209 g/mol. The molecule has 1 nitrogen and oxygen atoms in total. The van der Waals surface area contributed by atoms with Gasteiger partial charge in [0.1, 0.15) is 0 Å². The van der Waals surface area contributed by atoms with Crippen LogP contribution in [0.3, 0.4) is 0 Å². The molecule has 0 heterocycles. The molecule has 0 fully saturated rings. The molecule has 0 amide bonds. The van der Waals surface area contributed by atoms with Crippen molar-refractivity contribution in [3.05, 3.63) is 14.4 Å². The van der Waals surface area contributed by atoms with Crippen LogP contribution in [0.4, 0.5) is 0 Å². The van der Waals surface area contributed by atoms with Crippen LogP contribution in [0, 0.1) is 14.4 Å². The second-order valence-electron chi connectivity index (χ2n) is 0.455. The first-order chi connectivity index (χ1) is 1.91. The van der Waals surface area contributed by atoms with Crippen LogP contribution in [0.5, 0.6) is 0 Å². The van der Waals surface area contributed by atoms with Gasteiger partial charge in [-0.05, 0) is 0 Å². The Balaban J connectivity index is -0.0000000150. The Morgan fingerprint density at radius 1 is 1.57 bits per heavy atom. The zero-order chi connectivity index (χ0) is 3.41. The zero-order valence-electron chi connectivity index (χ0n) is 4.52. The molecule has 0 N–H and O–H groups in total. The van der Waals surface area contributed by atoms with Crippen LogP contribution in [0.2, 0.25) is 0 Å². The van der Waals surface area contributed by atoms with E-state index in [0.29, 0.717) is 6.42 Å². The number of hydrogen-bond acceptors (Lipinski definition) is 1. The summed E-state index contributed by atoms with van der Waals surface area (Å²) in [5.41, 5.74) is 0. The van der Waals surface area contributed by atoms with Crippen LogP contribution >= 0.6 is 17.0 Å². The van der Waals surface area contributed by atoms with E-state index in [-0.39, 0.29) is 43.9 Å². The molecule has 0 aliphatic rings. The summed E-state index contributed by atoms with van der Waals surface area (Å²) in [6, 6.07) is 0. The van der Waals surface area contributed by atoms with Crippen molar-refractivity contribution in [3.63, 3.8) is 0 Å². The number of carbonyl (C=O) groups is 1. The minimum Gasteiger partial charge on any atom is -0.358 e. The molecule has 0 aromatic heterocycles. The van der Waals surface area contributed by atoms with Gasteiger partial charge in [0.05, 0.1) is 6.29 Å². The smallest absolute Gasteiger partial charge is 0.358 e. The van der Waals surface area contributed by atoms with Crippen LogP contribution in [-0.4, -0.2) is 6.29 Å². The molecule has 0 aliphatic heterocycles. The second-order valence-corrected chi connectivity index (χ2v) is 0.455. The van der Waals surface area contributed by atoms with E-state index in [1.54, 1.807) is 0 Å². The SMILES string of the molecule is Br.[CH2-]CC=O.[CH3-].[Zn+2]. The van der Waals surface area contributed by atoms with Gasteiger partial charge >= 0.3 is 19.5 Å². The van der Waals surface area contributed by atoms with Crippen molar-refractivity contribution in [2.75, 3.05) is 0 Å².